The Hall–Kier alpha value is -1.41. The predicted octanol–water partition coefficient (Wildman–Crippen LogP) is 1.20. The van der Waals surface area contributed by atoms with Gasteiger partial charge in [-0.05, 0) is 21.9 Å². The summed E-state index contributed by atoms with van der Waals surface area (Å²) >= 11 is 3.17. The zero-order valence-corrected chi connectivity index (χ0v) is 10.7. The number of hydrogen-bond donors (Lipinski definition) is 0. The molecule has 0 aromatic carbocycles. The first kappa shape index (κ1) is 12.1. The summed E-state index contributed by atoms with van der Waals surface area (Å²) in [5.74, 6) is 0.425. The Bertz CT molecular complexity index is 483. The van der Waals surface area contributed by atoms with E-state index in [-0.39, 0.29) is 12.5 Å². The number of thiophene rings is 1. The molecule has 8 heteroatoms. The highest BCUT2D eigenvalue weighted by molar-refractivity contribution is 7.98. The van der Waals surface area contributed by atoms with Gasteiger partial charge in [0.25, 0.3) is 0 Å². The number of methoxy groups -OCH3 is 1. The van der Waals surface area contributed by atoms with E-state index in [0.29, 0.717) is 5.16 Å². The highest BCUT2D eigenvalue weighted by atomic mass is 32.2. The fraction of sp³-hybridized carbons (Fsp3) is 0.333. The first-order chi connectivity index (χ1) is 8.29. The molecule has 2 rings (SSSR count). The molecule has 2 heterocycles. The van der Waals surface area contributed by atoms with Gasteiger partial charge in [0, 0.05) is 10.6 Å². The molecule has 0 radical (unpaired) electrons. The Balaban J connectivity index is 1.96. The van der Waals surface area contributed by atoms with Gasteiger partial charge in [0.1, 0.15) is 6.54 Å². The van der Waals surface area contributed by atoms with Gasteiger partial charge in [0.15, 0.2) is 0 Å². The predicted molar refractivity (Wildman–Crippen MR) is 63.7 cm³/mol. The second-order valence-corrected chi connectivity index (χ2v) is 5.04. The van der Waals surface area contributed by atoms with Crippen LogP contribution >= 0.6 is 23.1 Å². The molecule has 0 fully saturated rings. The van der Waals surface area contributed by atoms with E-state index in [0.717, 1.165) is 5.75 Å². The topological polar surface area (TPSA) is 69.9 Å². The average molecular weight is 270 g/mol. The molecule has 0 saturated heterocycles. The molecule has 0 N–H and O–H groups in total. The van der Waals surface area contributed by atoms with Crippen LogP contribution in [-0.4, -0.2) is 33.3 Å². The zero-order valence-electron chi connectivity index (χ0n) is 9.07. The minimum atomic E-state index is -0.365. The third-order valence-corrected chi connectivity index (χ3v) is 3.99. The van der Waals surface area contributed by atoms with Crippen LogP contribution in [0.4, 0.5) is 0 Å². The minimum Gasteiger partial charge on any atom is -0.468 e. The summed E-state index contributed by atoms with van der Waals surface area (Å²) in [6, 6.07) is 4.05. The number of ether oxygens (including phenoxy) is 1. The second kappa shape index (κ2) is 5.78. The summed E-state index contributed by atoms with van der Waals surface area (Å²) in [7, 11) is 1.34. The molecule has 2 aromatic rings. The van der Waals surface area contributed by atoms with E-state index < -0.39 is 0 Å². The first-order valence-electron chi connectivity index (χ1n) is 4.78. The van der Waals surface area contributed by atoms with Crippen molar-refractivity contribution in [3.8, 4) is 0 Å². The van der Waals surface area contributed by atoms with E-state index in [1.807, 2.05) is 17.5 Å². The minimum absolute atomic E-state index is 0.0380. The summed E-state index contributed by atoms with van der Waals surface area (Å²) in [6.07, 6.45) is 0. The maximum atomic E-state index is 11.1. The largest absolute Gasteiger partial charge is 0.468 e. The van der Waals surface area contributed by atoms with Crippen LogP contribution in [0.1, 0.15) is 4.88 Å². The van der Waals surface area contributed by atoms with E-state index in [9.17, 15) is 4.79 Å². The zero-order chi connectivity index (χ0) is 12.1. The number of aromatic nitrogens is 4. The van der Waals surface area contributed by atoms with Crippen LogP contribution in [0.2, 0.25) is 0 Å². The quantitative estimate of drug-likeness (QED) is 0.600. The van der Waals surface area contributed by atoms with Crippen LogP contribution in [0.15, 0.2) is 22.7 Å². The van der Waals surface area contributed by atoms with Crippen molar-refractivity contribution < 1.29 is 9.53 Å². The van der Waals surface area contributed by atoms with Gasteiger partial charge in [-0.15, -0.1) is 16.4 Å². The Morgan fingerprint density at radius 2 is 2.53 bits per heavy atom. The van der Waals surface area contributed by atoms with Gasteiger partial charge in [-0.1, -0.05) is 17.8 Å². The van der Waals surface area contributed by atoms with E-state index >= 15 is 0 Å². The van der Waals surface area contributed by atoms with Crippen molar-refractivity contribution >= 4 is 29.1 Å². The Morgan fingerprint density at radius 3 is 3.24 bits per heavy atom. The lowest BCUT2D eigenvalue weighted by molar-refractivity contribution is -0.141. The molecule has 0 saturated carbocycles. The van der Waals surface area contributed by atoms with E-state index in [2.05, 4.69) is 20.3 Å². The summed E-state index contributed by atoms with van der Waals surface area (Å²) < 4.78 is 6.00. The van der Waals surface area contributed by atoms with Gasteiger partial charge in [0.05, 0.1) is 7.11 Å². The number of nitrogens with zero attached hydrogens (tertiary/aromatic N) is 4. The van der Waals surface area contributed by atoms with E-state index in [1.54, 1.807) is 11.3 Å². The Morgan fingerprint density at radius 1 is 1.65 bits per heavy atom. The molecule has 0 spiro atoms. The average Bonchev–Trinajstić information content (AvgIpc) is 2.97. The molecule has 0 aliphatic carbocycles. The summed E-state index contributed by atoms with van der Waals surface area (Å²) in [5.41, 5.74) is 0. The number of thioether (sulfide) groups is 1. The van der Waals surface area contributed by atoms with Crippen LogP contribution in [0.5, 0.6) is 0 Å². The van der Waals surface area contributed by atoms with Crippen LogP contribution in [0.25, 0.3) is 0 Å². The maximum Gasteiger partial charge on any atom is 0.327 e. The van der Waals surface area contributed by atoms with Crippen molar-refractivity contribution in [3.05, 3.63) is 22.4 Å². The van der Waals surface area contributed by atoms with Gasteiger partial charge in [0.2, 0.25) is 5.16 Å². The lowest BCUT2D eigenvalue weighted by Gasteiger charge is -2.01. The number of carbonyl (C=O) groups is 1. The van der Waals surface area contributed by atoms with Gasteiger partial charge in [-0.25, -0.2) is 4.68 Å². The first-order valence-corrected chi connectivity index (χ1v) is 6.64. The summed E-state index contributed by atoms with van der Waals surface area (Å²) in [5, 5.41) is 13.8. The van der Waals surface area contributed by atoms with Crippen molar-refractivity contribution in [2.45, 2.75) is 17.5 Å². The Labute approximate surface area is 106 Å². The van der Waals surface area contributed by atoms with E-state index in [4.69, 9.17) is 0 Å². The molecular formula is C9H10N4O2S2. The molecule has 0 amide bonds. The highest BCUT2D eigenvalue weighted by Crippen LogP contribution is 2.22. The normalized spacial score (nSPS) is 10.4. The van der Waals surface area contributed by atoms with Crippen molar-refractivity contribution in [3.63, 3.8) is 0 Å². The number of esters is 1. The van der Waals surface area contributed by atoms with E-state index in [1.165, 1.54) is 28.4 Å². The smallest absolute Gasteiger partial charge is 0.327 e. The maximum absolute atomic E-state index is 11.1. The molecule has 0 bridgehead atoms. The lowest BCUT2D eigenvalue weighted by atomic mass is 10.5. The number of rotatable bonds is 5. The van der Waals surface area contributed by atoms with Crippen molar-refractivity contribution in [2.75, 3.05) is 7.11 Å². The third-order valence-electron chi connectivity index (χ3n) is 1.93. The molecular weight excluding hydrogens is 260 g/mol. The van der Waals surface area contributed by atoms with Gasteiger partial charge < -0.3 is 4.74 Å². The number of carbonyl (C=O) groups excluding carboxylic acids is 1. The summed E-state index contributed by atoms with van der Waals surface area (Å²) in [4.78, 5) is 12.4. The van der Waals surface area contributed by atoms with Crippen molar-refractivity contribution in [2.24, 2.45) is 0 Å². The monoisotopic (exact) mass is 270 g/mol. The third kappa shape index (κ3) is 3.27. The fourth-order valence-corrected chi connectivity index (χ4v) is 2.77. The molecule has 17 heavy (non-hydrogen) atoms. The van der Waals surface area contributed by atoms with Crippen molar-refractivity contribution in [1.29, 1.82) is 0 Å². The lowest BCUT2D eigenvalue weighted by Crippen LogP contribution is -2.13. The standard InChI is InChI=1S/C9H10N4O2S2/c1-15-8(14)5-13-9(10-11-12-13)17-6-7-3-2-4-16-7/h2-4H,5-6H2,1H3. The van der Waals surface area contributed by atoms with Gasteiger partial charge in [-0.3, -0.25) is 4.79 Å². The van der Waals surface area contributed by atoms with Crippen LogP contribution in [0.3, 0.4) is 0 Å². The molecule has 90 valence electrons. The fourth-order valence-electron chi connectivity index (χ4n) is 1.12. The SMILES string of the molecule is COC(=O)Cn1nnnc1SCc1cccs1. The second-order valence-electron chi connectivity index (χ2n) is 3.06. The number of hydrogen-bond acceptors (Lipinski definition) is 7. The van der Waals surface area contributed by atoms with Crippen LogP contribution in [-0.2, 0) is 21.8 Å². The highest BCUT2D eigenvalue weighted by Gasteiger charge is 2.11. The molecule has 0 unspecified atom stereocenters. The number of tetrazole rings is 1. The molecule has 6 nitrogen and oxygen atoms in total. The molecule has 0 atom stereocenters. The van der Waals surface area contributed by atoms with Crippen LogP contribution in [0, 0.1) is 0 Å². The molecule has 0 aliphatic rings. The van der Waals surface area contributed by atoms with Crippen LogP contribution < -0.4 is 0 Å². The van der Waals surface area contributed by atoms with Crippen molar-refractivity contribution in [1.82, 2.24) is 20.2 Å². The Kier molecular flexibility index (Phi) is 4.10. The van der Waals surface area contributed by atoms with Gasteiger partial charge >= 0.3 is 5.97 Å². The summed E-state index contributed by atoms with van der Waals surface area (Å²) in [6.45, 7) is 0.0380. The molecule has 0 aliphatic heterocycles. The molecule has 2 aromatic heterocycles. The van der Waals surface area contributed by atoms with Gasteiger partial charge in [-0.2, -0.15) is 0 Å².